The number of rotatable bonds is 5. The van der Waals surface area contributed by atoms with E-state index in [1.807, 2.05) is 20.8 Å². The van der Waals surface area contributed by atoms with Crippen molar-refractivity contribution in [3.63, 3.8) is 0 Å². The summed E-state index contributed by atoms with van der Waals surface area (Å²) >= 11 is 0. The van der Waals surface area contributed by atoms with Crippen molar-refractivity contribution < 1.29 is 19.1 Å². The van der Waals surface area contributed by atoms with E-state index in [9.17, 15) is 9.59 Å². The molecule has 1 aromatic rings. The van der Waals surface area contributed by atoms with Gasteiger partial charge in [-0.1, -0.05) is 0 Å². The fourth-order valence-corrected chi connectivity index (χ4v) is 2.54. The minimum absolute atomic E-state index is 0.0664. The molecule has 0 unspecified atom stereocenters. The fraction of sp³-hybridized carbons (Fsp3) is 0.647. The smallest absolute Gasteiger partial charge is 0.410 e. The summed E-state index contributed by atoms with van der Waals surface area (Å²) in [5, 5.41) is 0. The van der Waals surface area contributed by atoms with Crippen LogP contribution in [0.25, 0.3) is 0 Å². The highest BCUT2D eigenvalue weighted by atomic mass is 16.6. The largest absolute Gasteiger partial charge is 0.444 e. The molecule has 1 amide bonds. The van der Waals surface area contributed by atoms with Gasteiger partial charge in [0.1, 0.15) is 17.9 Å². The van der Waals surface area contributed by atoms with Gasteiger partial charge < -0.3 is 14.4 Å². The second kappa shape index (κ2) is 8.19. The molecule has 24 heavy (non-hydrogen) atoms. The van der Waals surface area contributed by atoms with Crippen molar-refractivity contribution in [2.75, 3.05) is 19.8 Å². The predicted octanol–water partition coefficient (Wildman–Crippen LogP) is 2.47. The van der Waals surface area contributed by atoms with Crippen LogP contribution in [-0.4, -0.2) is 58.1 Å². The van der Waals surface area contributed by atoms with Gasteiger partial charge in [-0.3, -0.25) is 9.78 Å². The standard InChI is InChI=1S/C17H25N3O4/c1-17(2,3)24-16(22)20-9-5-4-6-13(20)11-23-12-15(21)14-10-18-7-8-19-14/h7-8,10,13H,4-6,9,11-12H2,1-3H3/t13-/m1/s1. The number of ketones is 1. The van der Waals surface area contributed by atoms with Crippen LogP contribution in [0.2, 0.25) is 0 Å². The number of aromatic nitrogens is 2. The van der Waals surface area contributed by atoms with Crippen LogP contribution >= 0.6 is 0 Å². The van der Waals surface area contributed by atoms with Crippen molar-refractivity contribution in [2.45, 2.75) is 51.7 Å². The second-order valence-corrected chi connectivity index (χ2v) is 6.85. The zero-order valence-corrected chi connectivity index (χ0v) is 14.5. The number of likely N-dealkylation sites (tertiary alicyclic amines) is 1. The lowest BCUT2D eigenvalue weighted by atomic mass is 10.0. The maximum atomic E-state index is 12.3. The third-order valence-electron chi connectivity index (χ3n) is 3.65. The minimum Gasteiger partial charge on any atom is -0.444 e. The molecule has 0 saturated carbocycles. The first-order chi connectivity index (χ1) is 11.4. The number of nitrogens with zero attached hydrogens (tertiary/aromatic N) is 3. The first kappa shape index (κ1) is 18.3. The average molecular weight is 335 g/mol. The summed E-state index contributed by atoms with van der Waals surface area (Å²) in [7, 11) is 0. The molecule has 0 radical (unpaired) electrons. The number of ether oxygens (including phenoxy) is 2. The van der Waals surface area contributed by atoms with Gasteiger partial charge in [0, 0.05) is 18.9 Å². The third-order valence-corrected chi connectivity index (χ3v) is 3.65. The van der Waals surface area contributed by atoms with E-state index in [4.69, 9.17) is 9.47 Å². The van der Waals surface area contributed by atoms with Crippen molar-refractivity contribution in [3.8, 4) is 0 Å². The van der Waals surface area contributed by atoms with Gasteiger partial charge in [0.05, 0.1) is 18.8 Å². The lowest BCUT2D eigenvalue weighted by Gasteiger charge is -2.36. The van der Waals surface area contributed by atoms with Crippen molar-refractivity contribution in [2.24, 2.45) is 0 Å². The van der Waals surface area contributed by atoms with E-state index >= 15 is 0 Å². The van der Waals surface area contributed by atoms with Gasteiger partial charge in [-0.2, -0.15) is 0 Å². The van der Waals surface area contributed by atoms with Crippen molar-refractivity contribution >= 4 is 11.9 Å². The van der Waals surface area contributed by atoms with Gasteiger partial charge in [-0.25, -0.2) is 9.78 Å². The molecule has 1 aliphatic rings. The van der Waals surface area contributed by atoms with Crippen LogP contribution < -0.4 is 0 Å². The number of piperidine rings is 1. The molecule has 1 aromatic heterocycles. The number of carbonyl (C=O) groups excluding carboxylic acids is 2. The zero-order chi connectivity index (χ0) is 17.6. The molecular formula is C17H25N3O4. The van der Waals surface area contributed by atoms with Crippen LogP contribution in [0.3, 0.4) is 0 Å². The van der Waals surface area contributed by atoms with Gasteiger partial charge >= 0.3 is 6.09 Å². The number of hydrogen-bond donors (Lipinski definition) is 0. The lowest BCUT2D eigenvalue weighted by molar-refractivity contribution is -0.00625. The number of Topliss-reactive ketones (excluding diaryl/α,β-unsaturated/α-hetero) is 1. The van der Waals surface area contributed by atoms with Crippen LogP contribution in [0, 0.1) is 0 Å². The zero-order valence-electron chi connectivity index (χ0n) is 14.5. The van der Waals surface area contributed by atoms with Gasteiger partial charge in [0.15, 0.2) is 0 Å². The highest BCUT2D eigenvalue weighted by Gasteiger charge is 2.30. The van der Waals surface area contributed by atoms with Crippen LogP contribution in [0.15, 0.2) is 18.6 Å². The average Bonchev–Trinajstić information content (AvgIpc) is 2.54. The van der Waals surface area contributed by atoms with E-state index in [2.05, 4.69) is 9.97 Å². The second-order valence-electron chi connectivity index (χ2n) is 6.85. The Hall–Kier alpha value is -2.02. The Morgan fingerprint density at radius 3 is 2.75 bits per heavy atom. The Labute approximate surface area is 142 Å². The predicted molar refractivity (Wildman–Crippen MR) is 87.8 cm³/mol. The monoisotopic (exact) mass is 335 g/mol. The highest BCUT2D eigenvalue weighted by molar-refractivity contribution is 5.94. The SMILES string of the molecule is CC(C)(C)OC(=O)N1CCCC[C@@H]1COCC(=O)c1cnccn1. The molecule has 7 heteroatoms. The summed E-state index contributed by atoms with van der Waals surface area (Å²) in [6.45, 7) is 6.43. The van der Waals surface area contributed by atoms with E-state index < -0.39 is 5.60 Å². The quantitative estimate of drug-likeness (QED) is 0.769. The van der Waals surface area contributed by atoms with Crippen molar-refractivity contribution in [1.29, 1.82) is 0 Å². The van der Waals surface area contributed by atoms with Gasteiger partial charge in [-0.05, 0) is 40.0 Å². The molecule has 0 bridgehead atoms. The van der Waals surface area contributed by atoms with Gasteiger partial charge in [-0.15, -0.1) is 0 Å². The van der Waals surface area contributed by atoms with E-state index in [1.165, 1.54) is 18.6 Å². The van der Waals surface area contributed by atoms with E-state index in [0.29, 0.717) is 13.2 Å². The van der Waals surface area contributed by atoms with Crippen LogP contribution in [-0.2, 0) is 9.47 Å². The molecule has 1 fully saturated rings. The van der Waals surface area contributed by atoms with Crippen molar-refractivity contribution in [3.05, 3.63) is 24.3 Å². The van der Waals surface area contributed by atoms with E-state index in [0.717, 1.165) is 19.3 Å². The summed E-state index contributed by atoms with van der Waals surface area (Å²) in [5.74, 6) is -0.220. The highest BCUT2D eigenvalue weighted by Crippen LogP contribution is 2.20. The maximum absolute atomic E-state index is 12.3. The maximum Gasteiger partial charge on any atom is 0.410 e. The number of amides is 1. The Balaban J connectivity index is 1.85. The molecule has 132 valence electrons. The number of carbonyl (C=O) groups is 2. The molecule has 1 saturated heterocycles. The molecule has 0 N–H and O–H groups in total. The molecule has 7 nitrogen and oxygen atoms in total. The minimum atomic E-state index is -0.526. The summed E-state index contributed by atoms with van der Waals surface area (Å²) in [6.07, 6.45) is 6.91. The summed E-state index contributed by atoms with van der Waals surface area (Å²) < 4.78 is 11.0. The Morgan fingerprint density at radius 1 is 1.29 bits per heavy atom. The third kappa shape index (κ3) is 5.56. The molecule has 0 spiro atoms. The van der Waals surface area contributed by atoms with Crippen LogP contribution in [0.5, 0.6) is 0 Å². The van der Waals surface area contributed by atoms with E-state index in [-0.39, 0.29) is 30.2 Å². The molecule has 2 rings (SSSR count). The normalized spacial score (nSPS) is 18.3. The summed E-state index contributed by atoms with van der Waals surface area (Å²) in [5.41, 5.74) is -0.243. The van der Waals surface area contributed by atoms with E-state index in [1.54, 1.807) is 4.90 Å². The first-order valence-corrected chi connectivity index (χ1v) is 8.23. The topological polar surface area (TPSA) is 81.6 Å². The summed E-state index contributed by atoms with van der Waals surface area (Å²) in [4.78, 5) is 33.8. The lowest BCUT2D eigenvalue weighted by Crippen LogP contribution is -2.48. The van der Waals surface area contributed by atoms with Crippen molar-refractivity contribution in [1.82, 2.24) is 14.9 Å². The fourth-order valence-electron chi connectivity index (χ4n) is 2.54. The Bertz CT molecular complexity index is 557. The van der Waals surface area contributed by atoms with Crippen LogP contribution in [0.4, 0.5) is 4.79 Å². The molecular weight excluding hydrogens is 310 g/mol. The molecule has 1 atom stereocenters. The Morgan fingerprint density at radius 2 is 2.08 bits per heavy atom. The Kier molecular flexibility index (Phi) is 6.25. The first-order valence-electron chi connectivity index (χ1n) is 8.23. The summed E-state index contributed by atoms with van der Waals surface area (Å²) in [6, 6.07) is -0.0664. The van der Waals surface area contributed by atoms with Crippen LogP contribution in [0.1, 0.15) is 50.5 Å². The molecule has 0 aromatic carbocycles. The molecule has 2 heterocycles. The molecule has 1 aliphatic heterocycles. The van der Waals surface area contributed by atoms with Gasteiger partial charge in [0.2, 0.25) is 5.78 Å². The van der Waals surface area contributed by atoms with Gasteiger partial charge in [0.25, 0.3) is 0 Å². The number of hydrogen-bond acceptors (Lipinski definition) is 6. The molecule has 0 aliphatic carbocycles.